The van der Waals surface area contributed by atoms with Gasteiger partial charge in [-0.25, -0.2) is 0 Å². The van der Waals surface area contributed by atoms with E-state index < -0.39 is 5.97 Å². The average molecular weight is 201 g/mol. The van der Waals surface area contributed by atoms with E-state index in [0.29, 0.717) is 6.04 Å². The Balaban J connectivity index is 2.51. The van der Waals surface area contributed by atoms with Crippen molar-refractivity contribution in [2.24, 2.45) is 0 Å². The minimum absolute atomic E-state index is 0.141. The van der Waals surface area contributed by atoms with Crippen LogP contribution in [-0.2, 0) is 9.53 Å². The van der Waals surface area contributed by atoms with Crippen molar-refractivity contribution in [3.63, 3.8) is 0 Å². The van der Waals surface area contributed by atoms with E-state index in [4.69, 9.17) is 9.84 Å². The molecule has 0 aromatic heterocycles. The number of ether oxygens (including phenoxy) is 1. The molecule has 0 aromatic carbocycles. The molecule has 0 aromatic rings. The number of rotatable bonds is 4. The Morgan fingerprint density at radius 2 is 2.07 bits per heavy atom. The summed E-state index contributed by atoms with van der Waals surface area (Å²) in [7, 11) is 0. The summed E-state index contributed by atoms with van der Waals surface area (Å²) in [5, 5.41) is 8.79. The molecule has 4 heteroatoms. The Bertz CT molecular complexity index is 188. The van der Waals surface area contributed by atoms with Crippen LogP contribution in [0.1, 0.15) is 26.7 Å². The van der Waals surface area contributed by atoms with E-state index >= 15 is 0 Å². The summed E-state index contributed by atoms with van der Waals surface area (Å²) in [6, 6.07) is 0.661. The van der Waals surface area contributed by atoms with E-state index in [1.165, 1.54) is 0 Å². The molecule has 0 spiro atoms. The third kappa shape index (κ3) is 3.27. The second-order valence-electron chi connectivity index (χ2n) is 4.00. The summed E-state index contributed by atoms with van der Waals surface area (Å²) in [6.45, 7) is 5.74. The highest BCUT2D eigenvalue weighted by Gasteiger charge is 2.25. The maximum atomic E-state index is 10.7. The van der Waals surface area contributed by atoms with Gasteiger partial charge >= 0.3 is 5.97 Å². The van der Waals surface area contributed by atoms with Gasteiger partial charge in [0, 0.05) is 25.3 Å². The molecule has 82 valence electrons. The summed E-state index contributed by atoms with van der Waals surface area (Å²) in [5.74, 6) is -0.745. The van der Waals surface area contributed by atoms with E-state index in [1.54, 1.807) is 0 Å². The predicted octanol–water partition coefficient (Wildman–Crippen LogP) is 0.960. The first-order chi connectivity index (χ1) is 6.61. The average Bonchev–Trinajstić information content (AvgIpc) is 2.15. The van der Waals surface area contributed by atoms with Gasteiger partial charge in [0.15, 0.2) is 0 Å². The first-order valence-electron chi connectivity index (χ1n) is 5.16. The number of hydrogen-bond donors (Lipinski definition) is 1. The molecular formula is C10H19NO3. The minimum atomic E-state index is -0.745. The van der Waals surface area contributed by atoms with Crippen LogP contribution in [0.25, 0.3) is 0 Å². The fourth-order valence-corrected chi connectivity index (χ4v) is 1.91. The van der Waals surface area contributed by atoms with Crippen LogP contribution in [0.3, 0.4) is 0 Å². The van der Waals surface area contributed by atoms with Gasteiger partial charge in [0.05, 0.1) is 6.54 Å². The van der Waals surface area contributed by atoms with Gasteiger partial charge in [-0.15, -0.1) is 0 Å². The summed E-state index contributed by atoms with van der Waals surface area (Å²) < 4.78 is 5.26. The molecule has 1 aliphatic rings. The first-order valence-corrected chi connectivity index (χ1v) is 5.16. The lowest BCUT2D eigenvalue weighted by Crippen LogP contribution is -2.46. The number of carbonyl (C=O) groups is 1. The molecule has 0 atom stereocenters. The molecule has 0 saturated carbocycles. The summed E-state index contributed by atoms with van der Waals surface area (Å²) >= 11 is 0. The summed E-state index contributed by atoms with van der Waals surface area (Å²) in [6.07, 6.45) is 1.90. The van der Waals surface area contributed by atoms with E-state index in [2.05, 4.69) is 0 Å². The van der Waals surface area contributed by atoms with Crippen LogP contribution in [0.5, 0.6) is 0 Å². The fraction of sp³-hybridized carbons (Fsp3) is 0.900. The van der Waals surface area contributed by atoms with Gasteiger partial charge in [-0.3, -0.25) is 9.69 Å². The molecule has 1 fully saturated rings. The van der Waals surface area contributed by atoms with Crippen molar-refractivity contribution in [1.82, 2.24) is 4.90 Å². The molecule has 1 aliphatic heterocycles. The third-order valence-corrected chi connectivity index (χ3v) is 2.64. The molecule has 0 unspecified atom stereocenters. The highest BCUT2D eigenvalue weighted by molar-refractivity contribution is 5.69. The fourth-order valence-electron chi connectivity index (χ4n) is 1.91. The zero-order valence-electron chi connectivity index (χ0n) is 8.90. The number of hydrogen-bond acceptors (Lipinski definition) is 3. The number of aliphatic carboxylic acids is 1. The molecule has 1 heterocycles. The molecule has 14 heavy (non-hydrogen) atoms. The van der Waals surface area contributed by atoms with Crippen LogP contribution < -0.4 is 0 Å². The predicted molar refractivity (Wildman–Crippen MR) is 53.3 cm³/mol. The molecule has 1 saturated heterocycles. The lowest BCUT2D eigenvalue weighted by molar-refractivity contribution is -0.140. The molecule has 0 radical (unpaired) electrons. The Labute approximate surface area is 84.8 Å². The monoisotopic (exact) mass is 201 g/mol. The van der Waals surface area contributed by atoms with Crippen molar-refractivity contribution in [3.05, 3.63) is 0 Å². The normalized spacial score (nSPS) is 19.1. The quantitative estimate of drug-likeness (QED) is 0.736. The first kappa shape index (κ1) is 11.5. The van der Waals surface area contributed by atoms with E-state index in [1.807, 2.05) is 18.7 Å². The van der Waals surface area contributed by atoms with E-state index in [-0.39, 0.29) is 12.6 Å². The highest BCUT2D eigenvalue weighted by atomic mass is 16.5. The van der Waals surface area contributed by atoms with Gasteiger partial charge in [0.25, 0.3) is 0 Å². The van der Waals surface area contributed by atoms with Gasteiger partial charge in [-0.2, -0.15) is 0 Å². The van der Waals surface area contributed by atoms with Gasteiger partial charge in [-0.1, -0.05) is 0 Å². The van der Waals surface area contributed by atoms with Crippen LogP contribution in [0.4, 0.5) is 0 Å². The standard InChI is InChI=1S/C10H19NO3/c1-8(2)11(7-10(12)13)9-3-5-14-6-4-9/h8-9H,3-7H2,1-2H3,(H,12,13). The lowest BCUT2D eigenvalue weighted by atomic mass is 10.1. The molecule has 0 amide bonds. The van der Waals surface area contributed by atoms with Crippen molar-refractivity contribution in [2.75, 3.05) is 19.8 Å². The second kappa shape index (κ2) is 5.32. The third-order valence-electron chi connectivity index (χ3n) is 2.64. The topological polar surface area (TPSA) is 49.8 Å². The van der Waals surface area contributed by atoms with Gasteiger partial charge in [0.1, 0.15) is 0 Å². The van der Waals surface area contributed by atoms with Crippen LogP contribution >= 0.6 is 0 Å². The smallest absolute Gasteiger partial charge is 0.317 e. The molecular weight excluding hydrogens is 182 g/mol. The molecule has 4 nitrogen and oxygen atoms in total. The van der Waals surface area contributed by atoms with Crippen molar-refractivity contribution in [1.29, 1.82) is 0 Å². The summed E-state index contributed by atoms with van der Waals surface area (Å²) in [4.78, 5) is 12.7. The molecule has 0 bridgehead atoms. The number of carboxylic acid groups (broad SMARTS) is 1. The largest absolute Gasteiger partial charge is 0.480 e. The lowest BCUT2D eigenvalue weighted by Gasteiger charge is -2.35. The van der Waals surface area contributed by atoms with Crippen LogP contribution in [-0.4, -0.2) is 47.8 Å². The molecule has 1 rings (SSSR count). The minimum Gasteiger partial charge on any atom is -0.480 e. The zero-order valence-corrected chi connectivity index (χ0v) is 8.90. The van der Waals surface area contributed by atoms with Crippen molar-refractivity contribution in [2.45, 2.75) is 38.8 Å². The SMILES string of the molecule is CC(C)N(CC(=O)O)C1CCOCC1. The Morgan fingerprint density at radius 3 is 2.50 bits per heavy atom. The Hall–Kier alpha value is -0.610. The van der Waals surface area contributed by atoms with Crippen molar-refractivity contribution >= 4 is 5.97 Å². The Morgan fingerprint density at radius 1 is 1.50 bits per heavy atom. The van der Waals surface area contributed by atoms with Crippen LogP contribution in [0, 0.1) is 0 Å². The van der Waals surface area contributed by atoms with Gasteiger partial charge in [-0.05, 0) is 26.7 Å². The van der Waals surface area contributed by atoms with Gasteiger partial charge in [0.2, 0.25) is 0 Å². The summed E-state index contributed by atoms with van der Waals surface area (Å²) in [5.41, 5.74) is 0. The zero-order chi connectivity index (χ0) is 10.6. The number of nitrogens with zero attached hydrogens (tertiary/aromatic N) is 1. The molecule has 1 N–H and O–H groups in total. The van der Waals surface area contributed by atoms with Crippen LogP contribution in [0.2, 0.25) is 0 Å². The van der Waals surface area contributed by atoms with Gasteiger partial charge < -0.3 is 9.84 Å². The van der Waals surface area contributed by atoms with Crippen molar-refractivity contribution in [3.8, 4) is 0 Å². The maximum absolute atomic E-state index is 10.7. The second-order valence-corrected chi connectivity index (χ2v) is 4.00. The number of carboxylic acids is 1. The Kier molecular flexibility index (Phi) is 4.35. The van der Waals surface area contributed by atoms with Crippen molar-refractivity contribution < 1.29 is 14.6 Å². The van der Waals surface area contributed by atoms with Crippen LogP contribution in [0.15, 0.2) is 0 Å². The van der Waals surface area contributed by atoms with E-state index in [9.17, 15) is 4.79 Å². The van der Waals surface area contributed by atoms with E-state index in [0.717, 1.165) is 26.1 Å². The maximum Gasteiger partial charge on any atom is 0.317 e. The highest BCUT2D eigenvalue weighted by Crippen LogP contribution is 2.16. The molecule has 0 aliphatic carbocycles.